The summed E-state index contributed by atoms with van der Waals surface area (Å²) in [6.07, 6.45) is 0.366. The Morgan fingerprint density at radius 3 is 2.15 bits per heavy atom. The minimum atomic E-state index is -1.07. The SMILES string of the molecule is COC(=O)[C@H](CCCNC(=O)OCc1ccccc1)NC(=O)[C@@H](NC(=O)[C@@H]1CCCN1C(=O)[C@@H](Cc1ccccc1)N1C(=O)[C@@H](NC(=O)OC(C)(C)C)CC1C)C(C)C. The van der Waals surface area contributed by atoms with Crippen LogP contribution in [0.3, 0.4) is 0 Å². The highest BCUT2D eigenvalue weighted by atomic mass is 16.6. The van der Waals surface area contributed by atoms with Crippen molar-refractivity contribution in [2.75, 3.05) is 20.2 Å². The summed E-state index contributed by atoms with van der Waals surface area (Å²) >= 11 is 0. The molecule has 0 radical (unpaired) electrons. The van der Waals surface area contributed by atoms with Gasteiger partial charge in [-0.2, -0.15) is 0 Å². The summed E-state index contributed by atoms with van der Waals surface area (Å²) in [5.74, 6) is -3.10. The number of nitrogens with one attached hydrogen (secondary N) is 4. The molecule has 2 aromatic rings. The Morgan fingerprint density at radius 2 is 1.54 bits per heavy atom. The van der Waals surface area contributed by atoms with Crippen molar-refractivity contribution in [3.63, 3.8) is 0 Å². The van der Waals surface area contributed by atoms with E-state index in [0.29, 0.717) is 19.3 Å². The van der Waals surface area contributed by atoms with Crippen LogP contribution in [0.15, 0.2) is 60.7 Å². The lowest BCUT2D eigenvalue weighted by molar-refractivity contribution is -0.148. The molecule has 16 nitrogen and oxygen atoms in total. The first-order chi connectivity index (χ1) is 28.0. The number of benzene rings is 2. The summed E-state index contributed by atoms with van der Waals surface area (Å²) in [6, 6.07) is 13.1. The zero-order chi connectivity index (χ0) is 43.3. The van der Waals surface area contributed by atoms with Crippen LogP contribution >= 0.6 is 0 Å². The number of alkyl carbamates (subject to hydrolysis) is 2. The van der Waals surface area contributed by atoms with Crippen molar-refractivity contribution in [2.24, 2.45) is 5.92 Å². The highest BCUT2D eigenvalue weighted by molar-refractivity contribution is 5.97. The van der Waals surface area contributed by atoms with Crippen molar-refractivity contribution in [3.05, 3.63) is 71.8 Å². The number of nitrogens with zero attached hydrogens (tertiary/aromatic N) is 2. The van der Waals surface area contributed by atoms with Gasteiger partial charge in [-0.3, -0.25) is 19.2 Å². The smallest absolute Gasteiger partial charge is 0.408 e. The number of hydrogen-bond acceptors (Lipinski definition) is 10. The molecule has 4 rings (SSSR count). The fourth-order valence-electron chi connectivity index (χ4n) is 7.33. The van der Waals surface area contributed by atoms with Gasteiger partial charge in [0.1, 0.15) is 42.4 Å². The van der Waals surface area contributed by atoms with E-state index in [0.717, 1.165) is 11.1 Å². The van der Waals surface area contributed by atoms with Crippen molar-refractivity contribution in [1.29, 1.82) is 0 Å². The number of carbonyl (C=O) groups excluding carboxylic acids is 7. The predicted molar refractivity (Wildman–Crippen MR) is 217 cm³/mol. The molecular formula is C43H60N6O10. The van der Waals surface area contributed by atoms with Gasteiger partial charge in [-0.05, 0) is 76.8 Å². The number of carbonyl (C=O) groups is 7. The largest absolute Gasteiger partial charge is 0.467 e. The Kier molecular flexibility index (Phi) is 16.7. The van der Waals surface area contributed by atoms with Crippen molar-refractivity contribution in [3.8, 4) is 0 Å². The third-order valence-corrected chi connectivity index (χ3v) is 10.2. The van der Waals surface area contributed by atoms with Crippen LogP contribution in [0.5, 0.6) is 0 Å². The maximum absolute atomic E-state index is 14.6. The van der Waals surface area contributed by atoms with E-state index in [9.17, 15) is 33.6 Å². The molecule has 322 valence electrons. The average Bonchev–Trinajstić information content (AvgIpc) is 3.79. The molecule has 2 aliphatic heterocycles. The zero-order valence-corrected chi connectivity index (χ0v) is 35.2. The Bertz CT molecular complexity index is 1770. The number of hydrogen-bond donors (Lipinski definition) is 4. The van der Waals surface area contributed by atoms with Crippen molar-refractivity contribution in [2.45, 2.75) is 129 Å². The molecule has 2 saturated heterocycles. The molecule has 0 aliphatic carbocycles. The molecule has 2 aliphatic rings. The lowest BCUT2D eigenvalue weighted by Crippen LogP contribution is -2.59. The van der Waals surface area contributed by atoms with Gasteiger partial charge in [0.15, 0.2) is 0 Å². The Balaban J connectivity index is 1.42. The molecule has 2 fully saturated rings. The Labute approximate surface area is 346 Å². The molecule has 6 amide bonds. The summed E-state index contributed by atoms with van der Waals surface area (Å²) < 4.78 is 15.5. The fraction of sp³-hybridized carbons (Fsp3) is 0.558. The average molecular weight is 821 g/mol. The van der Waals surface area contributed by atoms with Crippen molar-refractivity contribution in [1.82, 2.24) is 31.1 Å². The summed E-state index contributed by atoms with van der Waals surface area (Å²) in [5.41, 5.74) is 0.872. The number of amides is 6. The van der Waals surface area contributed by atoms with Crippen LogP contribution in [0.1, 0.15) is 84.8 Å². The van der Waals surface area contributed by atoms with E-state index < -0.39 is 89.6 Å². The maximum atomic E-state index is 14.6. The molecule has 16 heteroatoms. The first kappa shape index (κ1) is 46.0. The summed E-state index contributed by atoms with van der Waals surface area (Å²) in [7, 11) is 1.20. The molecule has 2 aromatic carbocycles. The van der Waals surface area contributed by atoms with E-state index in [1.807, 2.05) is 67.6 Å². The van der Waals surface area contributed by atoms with Crippen LogP contribution in [0, 0.1) is 5.92 Å². The highest BCUT2D eigenvalue weighted by Gasteiger charge is 2.47. The van der Waals surface area contributed by atoms with Crippen LogP contribution < -0.4 is 21.3 Å². The first-order valence-corrected chi connectivity index (χ1v) is 20.3. The van der Waals surface area contributed by atoms with Gasteiger partial charge >= 0.3 is 18.2 Å². The Hall–Kier alpha value is -5.67. The second-order valence-electron chi connectivity index (χ2n) is 16.4. The molecule has 0 spiro atoms. The van der Waals surface area contributed by atoms with E-state index in [1.54, 1.807) is 34.6 Å². The van der Waals surface area contributed by atoms with Gasteiger partial charge in [-0.25, -0.2) is 14.4 Å². The number of rotatable bonds is 17. The van der Waals surface area contributed by atoms with E-state index in [1.165, 1.54) is 16.9 Å². The molecule has 2 heterocycles. The fourth-order valence-corrected chi connectivity index (χ4v) is 7.33. The number of likely N-dealkylation sites (tertiary alicyclic amines) is 2. The normalized spacial score (nSPS) is 19.3. The molecular weight excluding hydrogens is 761 g/mol. The standard InChI is InChI=1S/C43H60N6O10/c1-27(2)35(37(51)45-31(40(54)57-7)20-14-22-44-41(55)58-26-30-18-12-9-13-19-30)47-36(50)33-21-15-23-48(33)39(53)34(25-29-16-10-8-11-17-29)49-28(3)24-32(38(49)52)46-42(56)59-43(4,5)6/h8-13,16-19,27-28,31-35H,14-15,20-26H2,1-7H3,(H,44,55)(H,45,51)(H,46,56)(H,47,50)/t28?,31-,32-,33-,34+,35-/m0/s1. The number of methoxy groups -OCH3 is 1. The monoisotopic (exact) mass is 820 g/mol. The topological polar surface area (TPSA) is 202 Å². The molecule has 0 saturated carbocycles. The maximum Gasteiger partial charge on any atom is 0.408 e. The molecule has 4 N–H and O–H groups in total. The van der Waals surface area contributed by atoms with Gasteiger partial charge in [-0.1, -0.05) is 74.5 Å². The van der Waals surface area contributed by atoms with E-state index in [-0.39, 0.29) is 39.0 Å². The third kappa shape index (κ3) is 13.4. The van der Waals surface area contributed by atoms with Crippen LogP contribution in [-0.2, 0) is 51.2 Å². The van der Waals surface area contributed by atoms with Gasteiger partial charge < -0.3 is 45.3 Å². The van der Waals surface area contributed by atoms with Gasteiger partial charge in [0.25, 0.3) is 0 Å². The zero-order valence-electron chi connectivity index (χ0n) is 35.2. The summed E-state index contributed by atoms with van der Waals surface area (Å²) in [5, 5.41) is 10.8. The first-order valence-electron chi connectivity index (χ1n) is 20.3. The molecule has 6 atom stereocenters. The second kappa shape index (κ2) is 21.4. The lowest BCUT2D eigenvalue weighted by Gasteiger charge is -2.36. The van der Waals surface area contributed by atoms with E-state index >= 15 is 0 Å². The van der Waals surface area contributed by atoms with Gasteiger partial charge in [0, 0.05) is 25.6 Å². The lowest BCUT2D eigenvalue weighted by atomic mass is 10.0. The van der Waals surface area contributed by atoms with Crippen molar-refractivity contribution < 1.29 is 47.8 Å². The number of ether oxygens (including phenoxy) is 3. The summed E-state index contributed by atoms with van der Waals surface area (Å²) in [6.45, 7) is 11.0. The van der Waals surface area contributed by atoms with Crippen LogP contribution in [-0.4, -0.2) is 114 Å². The molecule has 59 heavy (non-hydrogen) atoms. The minimum Gasteiger partial charge on any atom is -0.467 e. The van der Waals surface area contributed by atoms with E-state index in [4.69, 9.17) is 14.2 Å². The van der Waals surface area contributed by atoms with Gasteiger partial charge in [0.05, 0.1) is 7.11 Å². The van der Waals surface area contributed by atoms with Gasteiger partial charge in [-0.15, -0.1) is 0 Å². The molecule has 0 aromatic heterocycles. The second-order valence-corrected chi connectivity index (χ2v) is 16.4. The molecule has 0 bridgehead atoms. The third-order valence-electron chi connectivity index (χ3n) is 10.2. The molecule has 1 unspecified atom stereocenters. The van der Waals surface area contributed by atoms with E-state index in [2.05, 4.69) is 21.3 Å². The number of esters is 1. The van der Waals surface area contributed by atoms with Crippen LogP contribution in [0.25, 0.3) is 0 Å². The Morgan fingerprint density at radius 1 is 0.898 bits per heavy atom. The minimum absolute atomic E-state index is 0.101. The quantitative estimate of drug-likeness (QED) is 0.104. The van der Waals surface area contributed by atoms with Crippen molar-refractivity contribution >= 4 is 41.8 Å². The van der Waals surface area contributed by atoms with Crippen LogP contribution in [0.4, 0.5) is 9.59 Å². The highest BCUT2D eigenvalue weighted by Crippen LogP contribution is 2.28. The van der Waals surface area contributed by atoms with Crippen LogP contribution in [0.2, 0.25) is 0 Å². The predicted octanol–water partition coefficient (Wildman–Crippen LogP) is 3.61. The summed E-state index contributed by atoms with van der Waals surface area (Å²) in [4.78, 5) is 96.8. The van der Waals surface area contributed by atoms with Gasteiger partial charge in [0.2, 0.25) is 23.6 Å².